The quantitative estimate of drug-likeness (QED) is 0.772. The van der Waals surface area contributed by atoms with Gasteiger partial charge in [0.25, 0.3) is 0 Å². The molecular weight excluding hydrogens is 298 g/mol. The molecule has 0 unspecified atom stereocenters. The largest absolute Gasteiger partial charge is 0.310 e. The number of rotatable bonds is 4. The van der Waals surface area contributed by atoms with Gasteiger partial charge in [-0.05, 0) is 24.6 Å². The number of aromatic nitrogens is 2. The van der Waals surface area contributed by atoms with Crippen molar-refractivity contribution in [3.8, 4) is 16.8 Å². The lowest BCUT2D eigenvalue weighted by atomic mass is 10.1. The molecule has 0 aliphatic carbocycles. The molecule has 0 saturated heterocycles. The Bertz CT molecular complexity index is 836. The number of carbonyl (C=O) groups is 1. The van der Waals surface area contributed by atoms with E-state index in [1.165, 1.54) is 0 Å². The number of nitrogens with one attached hydrogen (secondary N) is 1. The molecule has 2 aromatic carbocycles. The maximum absolute atomic E-state index is 12.3. The van der Waals surface area contributed by atoms with Crippen LogP contribution in [0, 0.1) is 12.8 Å². The van der Waals surface area contributed by atoms with Gasteiger partial charge in [-0.1, -0.05) is 62.4 Å². The maximum Gasteiger partial charge on any atom is 0.228 e. The summed E-state index contributed by atoms with van der Waals surface area (Å²) in [6, 6.07) is 19.9. The first-order valence-electron chi connectivity index (χ1n) is 8.09. The van der Waals surface area contributed by atoms with Crippen molar-refractivity contribution >= 4 is 11.7 Å². The van der Waals surface area contributed by atoms with Crippen LogP contribution in [0.1, 0.15) is 19.5 Å². The van der Waals surface area contributed by atoms with Crippen LogP contribution < -0.4 is 5.32 Å². The number of anilines is 1. The average Bonchev–Trinajstić information content (AvgIpc) is 2.92. The molecule has 24 heavy (non-hydrogen) atoms. The number of aryl methyl sites for hydroxylation is 1. The SMILES string of the molecule is Cc1nn(-c2ccccc2)c(NC(=O)C(C)C)c1-c1ccccc1. The summed E-state index contributed by atoms with van der Waals surface area (Å²) in [7, 11) is 0. The second-order valence-electron chi connectivity index (χ2n) is 6.07. The van der Waals surface area contributed by atoms with Crippen LogP contribution in [0.3, 0.4) is 0 Å². The number of benzene rings is 2. The molecule has 0 atom stereocenters. The normalized spacial score (nSPS) is 10.8. The lowest BCUT2D eigenvalue weighted by Gasteiger charge is -2.13. The van der Waals surface area contributed by atoms with Crippen molar-refractivity contribution in [3.05, 3.63) is 66.4 Å². The topological polar surface area (TPSA) is 46.9 Å². The summed E-state index contributed by atoms with van der Waals surface area (Å²) in [5, 5.41) is 7.73. The van der Waals surface area contributed by atoms with Crippen LogP contribution in [0.15, 0.2) is 60.7 Å². The molecule has 0 aliphatic rings. The number of amides is 1. The van der Waals surface area contributed by atoms with Crippen molar-refractivity contribution in [1.82, 2.24) is 9.78 Å². The molecular formula is C20H21N3O. The predicted molar refractivity (Wildman–Crippen MR) is 97.2 cm³/mol. The zero-order valence-electron chi connectivity index (χ0n) is 14.2. The van der Waals surface area contributed by atoms with Crippen molar-refractivity contribution in [1.29, 1.82) is 0 Å². The average molecular weight is 319 g/mol. The molecule has 0 fully saturated rings. The molecule has 0 aliphatic heterocycles. The van der Waals surface area contributed by atoms with Crippen LogP contribution >= 0.6 is 0 Å². The summed E-state index contributed by atoms with van der Waals surface area (Å²) in [5.74, 6) is 0.584. The molecule has 1 heterocycles. The van der Waals surface area contributed by atoms with Gasteiger partial charge in [0.15, 0.2) is 0 Å². The van der Waals surface area contributed by atoms with E-state index in [-0.39, 0.29) is 11.8 Å². The van der Waals surface area contributed by atoms with E-state index in [2.05, 4.69) is 10.4 Å². The van der Waals surface area contributed by atoms with Crippen LogP contribution in [0.5, 0.6) is 0 Å². The summed E-state index contributed by atoms with van der Waals surface area (Å²) in [6.07, 6.45) is 0. The third-order valence-corrected chi connectivity index (χ3v) is 3.89. The summed E-state index contributed by atoms with van der Waals surface area (Å²) in [6.45, 7) is 5.73. The number of hydrogen-bond acceptors (Lipinski definition) is 2. The van der Waals surface area contributed by atoms with Crippen molar-refractivity contribution in [2.24, 2.45) is 5.92 Å². The van der Waals surface area contributed by atoms with E-state index in [1.807, 2.05) is 81.4 Å². The number of nitrogens with zero attached hydrogens (tertiary/aromatic N) is 2. The van der Waals surface area contributed by atoms with Gasteiger partial charge >= 0.3 is 0 Å². The predicted octanol–water partition coefficient (Wildman–Crippen LogP) is 4.44. The minimum Gasteiger partial charge on any atom is -0.310 e. The molecule has 1 N–H and O–H groups in total. The van der Waals surface area contributed by atoms with Gasteiger partial charge in [-0.25, -0.2) is 4.68 Å². The summed E-state index contributed by atoms with van der Waals surface area (Å²) >= 11 is 0. The Kier molecular flexibility index (Phi) is 4.47. The highest BCUT2D eigenvalue weighted by molar-refractivity contribution is 5.96. The van der Waals surface area contributed by atoms with Gasteiger partial charge in [-0.2, -0.15) is 5.10 Å². The zero-order chi connectivity index (χ0) is 17.1. The van der Waals surface area contributed by atoms with E-state index in [0.717, 1.165) is 22.5 Å². The van der Waals surface area contributed by atoms with Crippen molar-refractivity contribution in [3.63, 3.8) is 0 Å². The molecule has 3 rings (SSSR count). The highest BCUT2D eigenvalue weighted by Gasteiger charge is 2.20. The van der Waals surface area contributed by atoms with Crippen molar-refractivity contribution < 1.29 is 4.79 Å². The molecule has 0 bridgehead atoms. The highest BCUT2D eigenvalue weighted by atomic mass is 16.1. The first kappa shape index (κ1) is 16.0. The van der Waals surface area contributed by atoms with E-state index < -0.39 is 0 Å². The number of carbonyl (C=O) groups excluding carboxylic acids is 1. The van der Waals surface area contributed by atoms with Gasteiger partial charge in [0.2, 0.25) is 5.91 Å². The Morgan fingerprint density at radius 3 is 2.17 bits per heavy atom. The summed E-state index contributed by atoms with van der Waals surface area (Å²) in [4.78, 5) is 12.3. The third kappa shape index (κ3) is 3.08. The van der Waals surface area contributed by atoms with Crippen LogP contribution in [-0.4, -0.2) is 15.7 Å². The fourth-order valence-electron chi connectivity index (χ4n) is 2.61. The molecule has 4 heteroatoms. The summed E-state index contributed by atoms with van der Waals surface area (Å²) in [5.41, 5.74) is 3.79. The standard InChI is InChI=1S/C20H21N3O/c1-14(2)20(24)21-19-18(16-10-6-4-7-11-16)15(3)22-23(19)17-12-8-5-9-13-17/h4-14H,1-3H3,(H,21,24). The maximum atomic E-state index is 12.3. The van der Waals surface area contributed by atoms with Crippen LogP contribution in [0.2, 0.25) is 0 Å². The first-order chi connectivity index (χ1) is 11.6. The lowest BCUT2D eigenvalue weighted by molar-refractivity contribution is -0.118. The number of hydrogen-bond donors (Lipinski definition) is 1. The van der Waals surface area contributed by atoms with Crippen LogP contribution in [0.25, 0.3) is 16.8 Å². The van der Waals surface area contributed by atoms with E-state index in [0.29, 0.717) is 5.82 Å². The molecule has 0 radical (unpaired) electrons. The molecule has 4 nitrogen and oxygen atoms in total. The van der Waals surface area contributed by atoms with Crippen LogP contribution in [0.4, 0.5) is 5.82 Å². The Hall–Kier alpha value is -2.88. The fourth-order valence-corrected chi connectivity index (χ4v) is 2.61. The third-order valence-electron chi connectivity index (χ3n) is 3.89. The van der Waals surface area contributed by atoms with E-state index in [1.54, 1.807) is 4.68 Å². The van der Waals surface area contributed by atoms with Crippen molar-refractivity contribution in [2.75, 3.05) is 5.32 Å². The monoisotopic (exact) mass is 319 g/mol. The summed E-state index contributed by atoms with van der Waals surface area (Å²) < 4.78 is 1.80. The van der Waals surface area contributed by atoms with Gasteiger partial charge in [0.1, 0.15) is 5.82 Å². The molecule has 1 amide bonds. The molecule has 0 spiro atoms. The second kappa shape index (κ2) is 6.71. The van der Waals surface area contributed by atoms with Gasteiger partial charge in [0.05, 0.1) is 11.4 Å². The van der Waals surface area contributed by atoms with Crippen molar-refractivity contribution in [2.45, 2.75) is 20.8 Å². The van der Waals surface area contributed by atoms with E-state index in [4.69, 9.17) is 0 Å². The Morgan fingerprint density at radius 2 is 1.58 bits per heavy atom. The fraction of sp³-hybridized carbons (Fsp3) is 0.200. The Balaban J connectivity index is 2.18. The number of para-hydroxylation sites is 1. The Labute approximate surface area is 142 Å². The lowest BCUT2D eigenvalue weighted by Crippen LogP contribution is -2.20. The van der Waals surface area contributed by atoms with E-state index in [9.17, 15) is 4.79 Å². The molecule has 0 saturated carbocycles. The second-order valence-corrected chi connectivity index (χ2v) is 6.07. The van der Waals surface area contributed by atoms with E-state index >= 15 is 0 Å². The van der Waals surface area contributed by atoms with Gasteiger partial charge in [-0.3, -0.25) is 4.79 Å². The Morgan fingerprint density at radius 1 is 1.00 bits per heavy atom. The highest BCUT2D eigenvalue weighted by Crippen LogP contribution is 2.33. The van der Waals surface area contributed by atoms with Gasteiger partial charge in [-0.15, -0.1) is 0 Å². The zero-order valence-corrected chi connectivity index (χ0v) is 14.2. The van der Waals surface area contributed by atoms with Crippen LogP contribution in [-0.2, 0) is 4.79 Å². The van der Waals surface area contributed by atoms with Gasteiger partial charge in [0, 0.05) is 11.5 Å². The minimum absolute atomic E-state index is 0.0238. The molecule has 3 aromatic rings. The smallest absolute Gasteiger partial charge is 0.228 e. The van der Waals surface area contributed by atoms with Gasteiger partial charge < -0.3 is 5.32 Å². The molecule has 122 valence electrons. The minimum atomic E-state index is -0.104. The first-order valence-corrected chi connectivity index (χ1v) is 8.09. The molecule has 1 aromatic heterocycles.